The second-order valence-corrected chi connectivity index (χ2v) is 5.23. The van der Waals surface area contributed by atoms with Gasteiger partial charge in [-0.15, -0.1) is 0 Å². The van der Waals surface area contributed by atoms with Gasteiger partial charge in [0.1, 0.15) is 11.9 Å². The molecule has 0 aliphatic carbocycles. The van der Waals surface area contributed by atoms with Gasteiger partial charge in [-0.05, 0) is 38.8 Å². The van der Waals surface area contributed by atoms with Gasteiger partial charge in [0.05, 0.1) is 20.3 Å². The molecule has 0 bridgehead atoms. The van der Waals surface area contributed by atoms with Crippen molar-refractivity contribution in [3.05, 3.63) is 31.2 Å². The van der Waals surface area contributed by atoms with Crippen LogP contribution >= 0.6 is 31.9 Å². The van der Waals surface area contributed by atoms with E-state index in [2.05, 4.69) is 31.9 Å². The standard InChI is InChI=1S/C10H9Br2NO5/c1-5(2-9(14)15)18-10-7(11)3-6(13(16)17)4-8(10)12/h3-5H,2H2,1H3,(H,14,15)/t5-/m1/s1. The number of halogens is 2. The Hall–Kier alpha value is -1.15. The van der Waals surface area contributed by atoms with Gasteiger partial charge in [0.2, 0.25) is 0 Å². The van der Waals surface area contributed by atoms with Crippen molar-refractivity contribution in [3.8, 4) is 5.75 Å². The van der Waals surface area contributed by atoms with Crippen molar-refractivity contribution in [2.24, 2.45) is 0 Å². The van der Waals surface area contributed by atoms with Crippen LogP contribution in [0.4, 0.5) is 5.69 Å². The molecule has 1 atom stereocenters. The molecule has 8 heteroatoms. The zero-order valence-electron chi connectivity index (χ0n) is 9.22. The Morgan fingerprint density at radius 3 is 2.39 bits per heavy atom. The first kappa shape index (κ1) is 14.9. The fourth-order valence-electron chi connectivity index (χ4n) is 1.25. The molecule has 0 spiro atoms. The first-order chi connectivity index (χ1) is 8.31. The number of carbonyl (C=O) groups is 1. The molecule has 1 N–H and O–H groups in total. The molecule has 0 radical (unpaired) electrons. The number of hydrogen-bond donors (Lipinski definition) is 1. The highest BCUT2D eigenvalue weighted by Crippen LogP contribution is 2.37. The second kappa shape index (κ2) is 6.14. The van der Waals surface area contributed by atoms with Crippen molar-refractivity contribution in [2.45, 2.75) is 19.4 Å². The second-order valence-electron chi connectivity index (χ2n) is 3.52. The van der Waals surface area contributed by atoms with Gasteiger partial charge in [-0.2, -0.15) is 0 Å². The van der Waals surface area contributed by atoms with Crippen molar-refractivity contribution < 1.29 is 19.6 Å². The molecule has 1 rings (SSSR count). The van der Waals surface area contributed by atoms with E-state index in [1.54, 1.807) is 6.92 Å². The van der Waals surface area contributed by atoms with Gasteiger partial charge in [0.15, 0.2) is 0 Å². The number of nitrogens with zero attached hydrogens (tertiary/aromatic N) is 1. The number of rotatable bonds is 5. The number of aliphatic carboxylic acids is 1. The molecule has 6 nitrogen and oxygen atoms in total. The lowest BCUT2D eigenvalue weighted by molar-refractivity contribution is -0.385. The van der Waals surface area contributed by atoms with E-state index in [1.807, 2.05) is 0 Å². The van der Waals surface area contributed by atoms with Crippen molar-refractivity contribution in [3.63, 3.8) is 0 Å². The van der Waals surface area contributed by atoms with Crippen LogP contribution in [-0.4, -0.2) is 22.1 Å². The summed E-state index contributed by atoms with van der Waals surface area (Å²) in [7, 11) is 0. The third-order valence-electron chi connectivity index (χ3n) is 1.97. The van der Waals surface area contributed by atoms with Crippen LogP contribution in [0.3, 0.4) is 0 Å². The number of carboxylic acid groups (broad SMARTS) is 1. The first-order valence-electron chi connectivity index (χ1n) is 4.83. The maximum Gasteiger partial charge on any atom is 0.307 e. The summed E-state index contributed by atoms with van der Waals surface area (Å²) in [6, 6.07) is 2.60. The number of hydrogen-bond acceptors (Lipinski definition) is 4. The van der Waals surface area contributed by atoms with Gasteiger partial charge >= 0.3 is 5.97 Å². The number of nitro groups is 1. The third kappa shape index (κ3) is 3.95. The average molecular weight is 383 g/mol. The summed E-state index contributed by atoms with van der Waals surface area (Å²) < 4.78 is 6.20. The van der Waals surface area contributed by atoms with Crippen molar-refractivity contribution in [1.29, 1.82) is 0 Å². The molecule has 0 aromatic heterocycles. The lowest BCUT2D eigenvalue weighted by Crippen LogP contribution is -2.17. The summed E-state index contributed by atoms with van der Waals surface area (Å²) in [5, 5.41) is 19.3. The molecule has 18 heavy (non-hydrogen) atoms. The van der Waals surface area contributed by atoms with Gasteiger partial charge in [0, 0.05) is 12.1 Å². The van der Waals surface area contributed by atoms with E-state index in [9.17, 15) is 14.9 Å². The minimum absolute atomic E-state index is 0.0908. The number of non-ortho nitro benzene ring substituents is 1. The molecule has 0 saturated carbocycles. The molecule has 1 aromatic carbocycles. The molecule has 1 aromatic rings. The summed E-state index contributed by atoms with van der Waals surface area (Å²) in [6.07, 6.45) is -0.702. The van der Waals surface area contributed by atoms with Crippen molar-refractivity contribution >= 4 is 43.5 Å². The molecule has 98 valence electrons. The lowest BCUT2D eigenvalue weighted by atomic mass is 10.2. The van der Waals surface area contributed by atoms with E-state index >= 15 is 0 Å². The van der Waals surface area contributed by atoms with E-state index in [4.69, 9.17) is 9.84 Å². The van der Waals surface area contributed by atoms with Gasteiger partial charge in [-0.25, -0.2) is 0 Å². The molecular formula is C10H9Br2NO5. The highest BCUT2D eigenvalue weighted by Gasteiger charge is 2.18. The third-order valence-corrected chi connectivity index (χ3v) is 3.15. The number of nitro benzene ring substituents is 1. The van der Waals surface area contributed by atoms with Crippen LogP contribution in [0.1, 0.15) is 13.3 Å². The van der Waals surface area contributed by atoms with Crippen molar-refractivity contribution in [2.75, 3.05) is 0 Å². The van der Waals surface area contributed by atoms with E-state index in [0.717, 1.165) is 0 Å². The first-order valence-corrected chi connectivity index (χ1v) is 6.41. The van der Waals surface area contributed by atoms with E-state index in [1.165, 1.54) is 12.1 Å². The highest BCUT2D eigenvalue weighted by molar-refractivity contribution is 9.11. The molecule has 0 amide bonds. The van der Waals surface area contributed by atoms with Crippen LogP contribution in [0.25, 0.3) is 0 Å². The van der Waals surface area contributed by atoms with Crippen molar-refractivity contribution in [1.82, 2.24) is 0 Å². The Bertz CT molecular complexity index is 468. The molecule has 0 aliphatic heterocycles. The Morgan fingerprint density at radius 1 is 1.50 bits per heavy atom. The minimum Gasteiger partial charge on any atom is -0.488 e. The lowest BCUT2D eigenvalue weighted by Gasteiger charge is -2.15. The molecule has 0 saturated heterocycles. The molecular weight excluding hydrogens is 374 g/mol. The van der Waals surface area contributed by atoms with Crippen LogP contribution in [0.15, 0.2) is 21.1 Å². The predicted octanol–water partition coefficient (Wildman–Crippen LogP) is 3.36. The Balaban J connectivity index is 2.96. The summed E-state index contributed by atoms with van der Waals surface area (Å²) in [4.78, 5) is 20.6. The molecule has 0 heterocycles. The maximum absolute atomic E-state index is 10.6. The fourth-order valence-corrected chi connectivity index (χ4v) is 2.60. The van der Waals surface area contributed by atoms with Gasteiger partial charge in [-0.3, -0.25) is 14.9 Å². The summed E-state index contributed by atoms with van der Waals surface area (Å²) in [5.74, 6) is -0.633. The van der Waals surface area contributed by atoms with E-state index in [0.29, 0.717) is 14.7 Å². The summed E-state index contributed by atoms with van der Waals surface area (Å²) >= 11 is 6.31. The minimum atomic E-state index is -0.975. The average Bonchev–Trinajstić information content (AvgIpc) is 2.21. The number of benzene rings is 1. The summed E-state index contributed by atoms with van der Waals surface area (Å²) in [6.45, 7) is 1.61. The van der Waals surface area contributed by atoms with Crippen LogP contribution < -0.4 is 4.74 Å². The van der Waals surface area contributed by atoms with Crippen LogP contribution in [0, 0.1) is 10.1 Å². The summed E-state index contributed by atoms with van der Waals surface area (Å²) in [5.41, 5.74) is -0.0908. The zero-order valence-corrected chi connectivity index (χ0v) is 12.4. The molecule has 0 fully saturated rings. The van der Waals surface area contributed by atoms with Gasteiger partial charge in [-0.1, -0.05) is 0 Å². The van der Waals surface area contributed by atoms with Gasteiger partial charge in [0.25, 0.3) is 5.69 Å². The SMILES string of the molecule is C[C@H](CC(=O)O)Oc1c(Br)cc([N+](=O)[O-])cc1Br. The van der Waals surface area contributed by atoms with Crippen LogP contribution in [0.2, 0.25) is 0 Å². The monoisotopic (exact) mass is 381 g/mol. The molecule has 0 aliphatic rings. The van der Waals surface area contributed by atoms with Gasteiger partial charge < -0.3 is 9.84 Å². The normalized spacial score (nSPS) is 11.9. The fraction of sp³-hybridized carbons (Fsp3) is 0.300. The molecule has 0 unspecified atom stereocenters. The van der Waals surface area contributed by atoms with Crippen LogP contribution in [0.5, 0.6) is 5.75 Å². The predicted molar refractivity (Wildman–Crippen MR) is 70.8 cm³/mol. The smallest absolute Gasteiger partial charge is 0.307 e. The number of carboxylic acids is 1. The Kier molecular flexibility index (Phi) is 5.09. The Labute approximate surface area is 119 Å². The Morgan fingerprint density at radius 2 is 2.00 bits per heavy atom. The van der Waals surface area contributed by atoms with E-state index < -0.39 is 17.0 Å². The maximum atomic E-state index is 10.6. The van der Waals surface area contributed by atoms with Crippen LogP contribution in [-0.2, 0) is 4.79 Å². The van der Waals surface area contributed by atoms with E-state index in [-0.39, 0.29) is 12.1 Å². The zero-order chi connectivity index (χ0) is 13.9. The quantitative estimate of drug-likeness (QED) is 0.622. The largest absolute Gasteiger partial charge is 0.488 e. The highest BCUT2D eigenvalue weighted by atomic mass is 79.9. The number of ether oxygens (including phenoxy) is 1. The topological polar surface area (TPSA) is 89.7 Å².